The molecule has 45 heavy (non-hydrogen) atoms. The fourth-order valence-electron chi connectivity index (χ4n) is 4.68. The number of rotatable bonds is 15. The van der Waals surface area contributed by atoms with Crippen LogP contribution in [-0.4, -0.2) is 56.3 Å². The zero-order valence-electron chi connectivity index (χ0n) is 25.5. The van der Waals surface area contributed by atoms with E-state index in [4.69, 9.17) is 27.9 Å². The summed E-state index contributed by atoms with van der Waals surface area (Å²) < 4.78 is 34.7. The molecule has 1 atom stereocenters. The third-order valence-corrected chi connectivity index (χ3v) is 9.53. The minimum Gasteiger partial charge on any atom is -0.495 e. The molecule has 14 heteroatoms. The SMILES string of the molecule is CCCCNC(=O)[C@H](CC)N(Cc1ccccc1Cl)C(=O)CN(c1cc(Cl)ccc1OC)S(=O)(=O)c1ccc(C)c([N+](=O)[O-])c1. The van der Waals surface area contributed by atoms with Gasteiger partial charge in [-0.2, -0.15) is 0 Å². The number of methoxy groups -OCH3 is 1. The van der Waals surface area contributed by atoms with Crippen LogP contribution < -0.4 is 14.4 Å². The third kappa shape index (κ3) is 8.65. The van der Waals surface area contributed by atoms with Gasteiger partial charge in [0, 0.05) is 34.8 Å². The Morgan fingerprint density at radius 2 is 1.78 bits per heavy atom. The maximum atomic E-state index is 14.3. The fourth-order valence-corrected chi connectivity index (χ4v) is 6.48. The topological polar surface area (TPSA) is 139 Å². The third-order valence-electron chi connectivity index (χ3n) is 7.17. The van der Waals surface area contributed by atoms with E-state index in [0.29, 0.717) is 17.1 Å². The largest absolute Gasteiger partial charge is 0.495 e. The molecule has 11 nitrogen and oxygen atoms in total. The molecule has 3 rings (SSSR count). The number of nitrogens with one attached hydrogen (secondary N) is 1. The molecule has 0 saturated heterocycles. The Morgan fingerprint density at radius 1 is 1.07 bits per heavy atom. The van der Waals surface area contributed by atoms with E-state index in [0.717, 1.165) is 23.2 Å². The van der Waals surface area contributed by atoms with Crippen LogP contribution in [-0.2, 0) is 26.2 Å². The minimum atomic E-state index is -4.64. The van der Waals surface area contributed by atoms with Crippen molar-refractivity contribution in [3.05, 3.63) is 92.0 Å². The van der Waals surface area contributed by atoms with Crippen molar-refractivity contribution in [3.8, 4) is 5.75 Å². The number of halogens is 2. The highest BCUT2D eigenvalue weighted by molar-refractivity contribution is 7.92. The van der Waals surface area contributed by atoms with E-state index >= 15 is 0 Å². The van der Waals surface area contributed by atoms with Crippen molar-refractivity contribution >= 4 is 56.4 Å². The molecule has 0 aliphatic carbocycles. The number of carbonyl (C=O) groups excluding carboxylic acids is 2. The van der Waals surface area contributed by atoms with Crippen LogP contribution in [0.4, 0.5) is 11.4 Å². The van der Waals surface area contributed by atoms with Crippen LogP contribution in [0.1, 0.15) is 44.2 Å². The summed E-state index contributed by atoms with van der Waals surface area (Å²) in [5.74, 6) is -1.03. The molecular formula is C31H36Cl2N4O7S. The molecular weight excluding hydrogens is 643 g/mol. The van der Waals surface area contributed by atoms with Gasteiger partial charge in [0.1, 0.15) is 18.3 Å². The van der Waals surface area contributed by atoms with Gasteiger partial charge in [-0.1, -0.05) is 67.7 Å². The van der Waals surface area contributed by atoms with Gasteiger partial charge in [-0.15, -0.1) is 0 Å². The highest BCUT2D eigenvalue weighted by Gasteiger charge is 2.35. The molecule has 0 unspecified atom stereocenters. The van der Waals surface area contributed by atoms with Crippen molar-refractivity contribution in [2.24, 2.45) is 0 Å². The summed E-state index contributed by atoms with van der Waals surface area (Å²) in [6.07, 6.45) is 1.82. The summed E-state index contributed by atoms with van der Waals surface area (Å²) in [7, 11) is -3.31. The second kappa shape index (κ2) is 15.9. The first-order chi connectivity index (χ1) is 21.3. The van der Waals surface area contributed by atoms with Gasteiger partial charge < -0.3 is 15.0 Å². The van der Waals surface area contributed by atoms with Crippen LogP contribution in [0, 0.1) is 17.0 Å². The van der Waals surface area contributed by atoms with E-state index in [1.54, 1.807) is 31.2 Å². The van der Waals surface area contributed by atoms with Crippen LogP contribution in [0.15, 0.2) is 65.6 Å². The Labute approximate surface area is 273 Å². The molecule has 2 amide bonds. The average molecular weight is 680 g/mol. The molecule has 0 heterocycles. The number of sulfonamides is 1. The minimum absolute atomic E-state index is 0.0697. The van der Waals surface area contributed by atoms with E-state index in [2.05, 4.69) is 5.32 Å². The number of amides is 2. The maximum absolute atomic E-state index is 14.3. The van der Waals surface area contributed by atoms with Gasteiger partial charge in [0.15, 0.2) is 0 Å². The predicted octanol–water partition coefficient (Wildman–Crippen LogP) is 6.14. The Morgan fingerprint density at radius 3 is 2.40 bits per heavy atom. The van der Waals surface area contributed by atoms with Gasteiger partial charge in [-0.25, -0.2) is 8.42 Å². The molecule has 242 valence electrons. The second-order valence-corrected chi connectivity index (χ2v) is 12.9. The fraction of sp³-hybridized carbons (Fsp3) is 0.355. The molecule has 3 aromatic rings. The molecule has 0 aromatic heterocycles. The standard InChI is InChI=1S/C31H36Cl2N4O7S/c1-5-7-16-34-31(39)26(6-2)35(19-22-10-8-9-11-25(22)33)30(38)20-36(28-17-23(32)13-15-29(28)44-4)45(42,43)24-14-12-21(3)27(18-24)37(40)41/h8-15,17-18,26H,5-7,16,19-20H2,1-4H3,(H,34,39)/t26-/m0/s1. The quantitative estimate of drug-likeness (QED) is 0.116. The molecule has 0 radical (unpaired) electrons. The summed E-state index contributed by atoms with van der Waals surface area (Å²) in [5, 5.41) is 15.1. The van der Waals surface area contributed by atoms with Crippen LogP contribution in [0.25, 0.3) is 0 Å². The summed E-state index contributed by atoms with van der Waals surface area (Å²) in [5.41, 5.74) is 0.333. The maximum Gasteiger partial charge on any atom is 0.273 e. The van der Waals surface area contributed by atoms with Crippen molar-refractivity contribution in [1.29, 1.82) is 0 Å². The number of unbranched alkanes of at least 4 members (excludes halogenated alkanes) is 1. The van der Waals surface area contributed by atoms with Gasteiger partial charge in [0.25, 0.3) is 15.7 Å². The normalized spacial score (nSPS) is 11.9. The van der Waals surface area contributed by atoms with Gasteiger partial charge in [0.2, 0.25) is 11.8 Å². The van der Waals surface area contributed by atoms with Gasteiger partial charge in [-0.3, -0.25) is 24.0 Å². The van der Waals surface area contributed by atoms with E-state index in [9.17, 15) is 28.1 Å². The predicted molar refractivity (Wildman–Crippen MR) is 174 cm³/mol. The van der Waals surface area contributed by atoms with Crippen molar-refractivity contribution in [1.82, 2.24) is 10.2 Å². The summed E-state index contributed by atoms with van der Waals surface area (Å²) in [4.78, 5) is 39.5. The number of nitrogens with zero attached hydrogens (tertiary/aromatic N) is 3. The number of nitro benzene ring substituents is 1. The molecule has 0 aliphatic rings. The first-order valence-electron chi connectivity index (χ1n) is 14.3. The number of anilines is 1. The van der Waals surface area contributed by atoms with Gasteiger partial charge >= 0.3 is 0 Å². The molecule has 1 N–H and O–H groups in total. The van der Waals surface area contributed by atoms with E-state index in [-0.39, 0.29) is 35.0 Å². The second-order valence-electron chi connectivity index (χ2n) is 10.2. The lowest BCUT2D eigenvalue weighted by Gasteiger charge is -2.33. The van der Waals surface area contributed by atoms with Crippen LogP contribution in [0.2, 0.25) is 10.0 Å². The average Bonchev–Trinajstić information content (AvgIpc) is 3.00. The Balaban J connectivity index is 2.18. The zero-order chi connectivity index (χ0) is 33.3. The van der Waals surface area contributed by atoms with Crippen LogP contribution >= 0.6 is 23.2 Å². The lowest BCUT2D eigenvalue weighted by Crippen LogP contribution is -2.52. The van der Waals surface area contributed by atoms with Crippen LogP contribution in [0.5, 0.6) is 5.75 Å². The Bertz CT molecular complexity index is 1650. The van der Waals surface area contributed by atoms with E-state index in [1.807, 2.05) is 6.92 Å². The zero-order valence-corrected chi connectivity index (χ0v) is 27.8. The van der Waals surface area contributed by atoms with Crippen molar-refractivity contribution in [2.45, 2.75) is 57.5 Å². The Kier molecular flexibility index (Phi) is 12.6. The highest BCUT2D eigenvalue weighted by atomic mass is 35.5. The lowest BCUT2D eigenvalue weighted by atomic mass is 10.1. The first kappa shape index (κ1) is 35.6. The summed E-state index contributed by atoms with van der Waals surface area (Å²) >= 11 is 12.7. The highest BCUT2D eigenvalue weighted by Crippen LogP contribution is 2.36. The molecule has 0 saturated carbocycles. The van der Waals surface area contributed by atoms with Crippen molar-refractivity contribution in [3.63, 3.8) is 0 Å². The molecule has 3 aromatic carbocycles. The van der Waals surface area contributed by atoms with Gasteiger partial charge in [-0.05, 0) is 55.7 Å². The van der Waals surface area contributed by atoms with Gasteiger partial charge in [0.05, 0.1) is 22.6 Å². The van der Waals surface area contributed by atoms with E-state index in [1.165, 1.54) is 49.3 Å². The molecule has 0 bridgehead atoms. The lowest BCUT2D eigenvalue weighted by molar-refractivity contribution is -0.385. The molecule has 0 spiro atoms. The smallest absolute Gasteiger partial charge is 0.273 e. The number of hydrogen-bond donors (Lipinski definition) is 1. The molecule has 0 aliphatic heterocycles. The number of aryl methyl sites for hydroxylation is 1. The van der Waals surface area contributed by atoms with Crippen molar-refractivity contribution in [2.75, 3.05) is 24.5 Å². The molecule has 0 fully saturated rings. The summed E-state index contributed by atoms with van der Waals surface area (Å²) in [6, 6.07) is 13.6. The number of benzene rings is 3. The monoisotopic (exact) mass is 678 g/mol. The number of hydrogen-bond acceptors (Lipinski definition) is 7. The number of ether oxygens (including phenoxy) is 1. The van der Waals surface area contributed by atoms with Crippen LogP contribution in [0.3, 0.4) is 0 Å². The number of carbonyl (C=O) groups is 2. The van der Waals surface area contributed by atoms with E-state index < -0.39 is 49.9 Å². The van der Waals surface area contributed by atoms with Crippen molar-refractivity contribution < 1.29 is 27.7 Å². The first-order valence-corrected chi connectivity index (χ1v) is 16.5. The Hall–Kier alpha value is -3.87. The number of nitro groups is 1. The summed E-state index contributed by atoms with van der Waals surface area (Å²) in [6.45, 7) is 4.75.